The maximum Gasteiger partial charge on any atom is 0.126 e. The van der Waals surface area contributed by atoms with Crippen LogP contribution in [0, 0.1) is 0 Å². The third-order valence-corrected chi connectivity index (χ3v) is 3.98. The molecule has 0 spiro atoms. The average molecular weight is 337 g/mol. The van der Waals surface area contributed by atoms with Gasteiger partial charge in [0.2, 0.25) is 0 Å². The first-order chi connectivity index (χ1) is 9.13. The Hall–Kier alpha value is -1.00. The van der Waals surface area contributed by atoms with Crippen LogP contribution in [0.1, 0.15) is 19.4 Å². The fraction of sp³-hybridized carbons (Fsp3) is 0.267. The molecule has 2 rings (SSSR count). The highest BCUT2D eigenvalue weighted by Crippen LogP contribution is 2.23. The molecular formula is C15H17BrN2S. The molecule has 19 heavy (non-hydrogen) atoms. The minimum atomic E-state index is 0.621. The van der Waals surface area contributed by atoms with Crippen LogP contribution in [0.3, 0.4) is 0 Å². The van der Waals surface area contributed by atoms with Crippen LogP contribution in [0.5, 0.6) is 0 Å². The second-order valence-electron chi connectivity index (χ2n) is 4.53. The Bertz CT molecular complexity index is 509. The lowest BCUT2D eigenvalue weighted by atomic mass is 10.2. The molecule has 0 aliphatic rings. The van der Waals surface area contributed by atoms with Crippen LogP contribution in [0.4, 0.5) is 5.82 Å². The van der Waals surface area contributed by atoms with Gasteiger partial charge in [-0.25, -0.2) is 4.98 Å². The molecule has 1 heterocycles. The van der Waals surface area contributed by atoms with Crippen LogP contribution >= 0.6 is 27.7 Å². The molecule has 0 fully saturated rings. The number of thioether (sulfide) groups is 1. The van der Waals surface area contributed by atoms with Crippen molar-refractivity contribution >= 4 is 33.5 Å². The van der Waals surface area contributed by atoms with Crippen molar-refractivity contribution in [3.63, 3.8) is 0 Å². The summed E-state index contributed by atoms with van der Waals surface area (Å²) in [5.74, 6) is 0.892. The van der Waals surface area contributed by atoms with Gasteiger partial charge in [0.25, 0.3) is 0 Å². The maximum atomic E-state index is 4.29. The van der Waals surface area contributed by atoms with Gasteiger partial charge < -0.3 is 5.32 Å². The minimum Gasteiger partial charge on any atom is -0.366 e. The van der Waals surface area contributed by atoms with E-state index in [1.54, 1.807) is 6.20 Å². The van der Waals surface area contributed by atoms with E-state index in [9.17, 15) is 0 Å². The number of pyridine rings is 1. The molecule has 0 radical (unpaired) electrons. The van der Waals surface area contributed by atoms with E-state index >= 15 is 0 Å². The second-order valence-corrected chi connectivity index (χ2v) is 7.09. The Labute approximate surface area is 127 Å². The van der Waals surface area contributed by atoms with E-state index in [0.29, 0.717) is 5.25 Å². The normalized spacial score (nSPS) is 10.7. The summed E-state index contributed by atoms with van der Waals surface area (Å²) in [7, 11) is 0. The van der Waals surface area contributed by atoms with Crippen molar-refractivity contribution < 1.29 is 0 Å². The lowest BCUT2D eigenvalue weighted by Gasteiger charge is -2.08. The van der Waals surface area contributed by atoms with E-state index in [1.807, 2.05) is 23.9 Å². The summed E-state index contributed by atoms with van der Waals surface area (Å²) in [6, 6.07) is 12.6. The van der Waals surface area contributed by atoms with E-state index in [0.717, 1.165) is 16.8 Å². The van der Waals surface area contributed by atoms with E-state index in [-0.39, 0.29) is 0 Å². The topological polar surface area (TPSA) is 24.9 Å². The number of nitrogens with one attached hydrogen (secondary N) is 1. The summed E-state index contributed by atoms with van der Waals surface area (Å²) >= 11 is 5.26. The average Bonchev–Trinajstić information content (AvgIpc) is 2.39. The Morgan fingerprint density at radius 2 is 1.89 bits per heavy atom. The summed E-state index contributed by atoms with van der Waals surface area (Å²) in [5, 5.41) is 3.93. The molecule has 2 aromatic rings. The lowest BCUT2D eigenvalue weighted by molar-refractivity contribution is 1.09. The smallest absolute Gasteiger partial charge is 0.126 e. The molecule has 4 heteroatoms. The molecule has 1 aromatic carbocycles. The number of benzene rings is 1. The van der Waals surface area contributed by atoms with Crippen molar-refractivity contribution in [3.05, 3.63) is 52.6 Å². The number of halogens is 1. The van der Waals surface area contributed by atoms with Crippen LogP contribution in [-0.2, 0) is 6.54 Å². The van der Waals surface area contributed by atoms with Gasteiger partial charge >= 0.3 is 0 Å². The van der Waals surface area contributed by atoms with Gasteiger partial charge in [-0.3, -0.25) is 0 Å². The number of anilines is 1. The molecule has 0 atom stereocenters. The molecule has 0 aliphatic carbocycles. The SMILES string of the molecule is CC(C)Sc1ccc(CNc2ccc(Br)cn2)cc1. The van der Waals surface area contributed by atoms with Crippen molar-refractivity contribution in [1.29, 1.82) is 0 Å². The zero-order chi connectivity index (χ0) is 13.7. The monoisotopic (exact) mass is 336 g/mol. The number of rotatable bonds is 5. The van der Waals surface area contributed by atoms with Gasteiger partial charge in [0.05, 0.1) is 0 Å². The van der Waals surface area contributed by atoms with Crippen molar-refractivity contribution in [2.45, 2.75) is 30.5 Å². The summed E-state index contributed by atoms with van der Waals surface area (Å²) in [4.78, 5) is 5.61. The molecule has 1 N–H and O–H groups in total. The number of hydrogen-bond acceptors (Lipinski definition) is 3. The Morgan fingerprint density at radius 1 is 1.16 bits per heavy atom. The van der Waals surface area contributed by atoms with Crippen LogP contribution in [0.25, 0.3) is 0 Å². The molecule has 0 saturated heterocycles. The van der Waals surface area contributed by atoms with Crippen molar-refractivity contribution in [1.82, 2.24) is 4.98 Å². The predicted octanol–water partition coefficient (Wildman–Crippen LogP) is 4.96. The Balaban J connectivity index is 1.91. The van der Waals surface area contributed by atoms with Crippen LogP contribution in [0.15, 0.2) is 52.0 Å². The van der Waals surface area contributed by atoms with Crippen molar-refractivity contribution in [2.24, 2.45) is 0 Å². The molecule has 0 bridgehead atoms. The quantitative estimate of drug-likeness (QED) is 0.781. The summed E-state index contributed by atoms with van der Waals surface area (Å²) in [6.07, 6.45) is 1.80. The van der Waals surface area contributed by atoms with Gasteiger partial charge in [0.1, 0.15) is 5.82 Å². The van der Waals surface area contributed by atoms with E-state index in [4.69, 9.17) is 0 Å². The third-order valence-electron chi connectivity index (χ3n) is 2.50. The molecule has 2 nitrogen and oxygen atoms in total. The zero-order valence-electron chi connectivity index (χ0n) is 11.1. The van der Waals surface area contributed by atoms with Gasteiger partial charge in [-0.05, 0) is 45.8 Å². The fourth-order valence-electron chi connectivity index (χ4n) is 1.63. The molecule has 100 valence electrons. The van der Waals surface area contributed by atoms with Gasteiger partial charge in [-0.15, -0.1) is 11.8 Å². The number of hydrogen-bond donors (Lipinski definition) is 1. The second kappa shape index (κ2) is 6.96. The Kier molecular flexibility index (Phi) is 5.28. The largest absolute Gasteiger partial charge is 0.366 e. The summed E-state index contributed by atoms with van der Waals surface area (Å²) < 4.78 is 0.994. The predicted molar refractivity (Wildman–Crippen MR) is 86.7 cm³/mol. The van der Waals surface area contributed by atoms with Crippen LogP contribution < -0.4 is 5.32 Å². The highest BCUT2D eigenvalue weighted by atomic mass is 79.9. The first-order valence-corrected chi connectivity index (χ1v) is 7.92. The first kappa shape index (κ1) is 14.4. The highest BCUT2D eigenvalue weighted by molar-refractivity contribution is 9.10. The van der Waals surface area contributed by atoms with E-state index < -0.39 is 0 Å². The molecule has 0 unspecified atom stereocenters. The van der Waals surface area contributed by atoms with Gasteiger partial charge in [-0.2, -0.15) is 0 Å². The van der Waals surface area contributed by atoms with Crippen LogP contribution in [0.2, 0.25) is 0 Å². The minimum absolute atomic E-state index is 0.621. The van der Waals surface area contributed by atoms with E-state index in [2.05, 4.69) is 64.3 Å². The van der Waals surface area contributed by atoms with Gasteiger partial charge in [0, 0.05) is 27.4 Å². The molecule has 0 amide bonds. The van der Waals surface area contributed by atoms with E-state index in [1.165, 1.54) is 10.5 Å². The number of aromatic nitrogens is 1. The van der Waals surface area contributed by atoms with Gasteiger partial charge in [0.15, 0.2) is 0 Å². The molecule has 0 saturated carbocycles. The Morgan fingerprint density at radius 3 is 2.47 bits per heavy atom. The molecule has 0 aliphatic heterocycles. The fourth-order valence-corrected chi connectivity index (χ4v) is 2.70. The molecular weight excluding hydrogens is 320 g/mol. The summed E-state index contributed by atoms with van der Waals surface area (Å²) in [6.45, 7) is 5.21. The standard InChI is InChI=1S/C15H17BrN2S/c1-11(2)19-14-6-3-12(4-7-14)9-17-15-8-5-13(16)10-18-15/h3-8,10-11H,9H2,1-2H3,(H,17,18). The highest BCUT2D eigenvalue weighted by Gasteiger charge is 1.99. The summed E-state index contributed by atoms with van der Waals surface area (Å²) in [5.41, 5.74) is 1.26. The first-order valence-electron chi connectivity index (χ1n) is 6.24. The maximum absolute atomic E-state index is 4.29. The molecule has 1 aromatic heterocycles. The van der Waals surface area contributed by atoms with Crippen molar-refractivity contribution in [2.75, 3.05) is 5.32 Å². The van der Waals surface area contributed by atoms with Crippen molar-refractivity contribution in [3.8, 4) is 0 Å². The third kappa shape index (κ3) is 4.88. The lowest BCUT2D eigenvalue weighted by Crippen LogP contribution is -2.00. The number of nitrogens with zero attached hydrogens (tertiary/aromatic N) is 1. The van der Waals surface area contributed by atoms with Crippen LogP contribution in [-0.4, -0.2) is 10.2 Å². The zero-order valence-corrected chi connectivity index (χ0v) is 13.5. The van der Waals surface area contributed by atoms with Gasteiger partial charge in [-0.1, -0.05) is 26.0 Å².